The Kier molecular flexibility index (Phi) is 5.10. The number of nitrogens with two attached hydrogens (primary N) is 1. The molecule has 0 bridgehead atoms. The van der Waals surface area contributed by atoms with Crippen LogP contribution in [0.25, 0.3) is 0 Å². The van der Waals surface area contributed by atoms with Gasteiger partial charge in [-0.25, -0.2) is 13.2 Å². The molecule has 2 N–H and O–H groups in total. The summed E-state index contributed by atoms with van der Waals surface area (Å²) in [5.74, 6) is -1.49. The van der Waals surface area contributed by atoms with E-state index in [1.165, 1.54) is 17.5 Å². The fourth-order valence-electron chi connectivity index (χ4n) is 2.29. The van der Waals surface area contributed by atoms with Crippen LogP contribution < -0.4 is 5.73 Å². The number of thiophene rings is 1. The molecule has 1 fully saturated rings. The fourth-order valence-corrected chi connectivity index (χ4v) is 5.47. The summed E-state index contributed by atoms with van der Waals surface area (Å²) < 4.78 is 31.3. The number of methoxy groups -OCH3 is 1. The smallest absolute Gasteiger partial charge is 0.349 e. The molecule has 0 aromatic carbocycles. The molecule has 2 heterocycles. The Labute approximate surface area is 137 Å². The number of sulfonamides is 1. The number of primary amides is 1. The summed E-state index contributed by atoms with van der Waals surface area (Å²) in [4.78, 5) is 22.6. The number of carbonyl (C=O) groups is 2. The van der Waals surface area contributed by atoms with Gasteiger partial charge in [0.15, 0.2) is 0 Å². The maximum absolute atomic E-state index is 12.7. The highest BCUT2D eigenvalue weighted by Gasteiger charge is 2.35. The van der Waals surface area contributed by atoms with Gasteiger partial charge in [-0.3, -0.25) is 4.79 Å². The normalized spacial score (nSPS) is 17.4. The van der Waals surface area contributed by atoms with Gasteiger partial charge in [0, 0.05) is 19.0 Å². The predicted octanol–water partition coefficient (Wildman–Crippen LogP) is 1.07. The summed E-state index contributed by atoms with van der Waals surface area (Å²) in [7, 11) is -2.70. The van der Waals surface area contributed by atoms with Crippen LogP contribution in [0.3, 0.4) is 0 Å². The van der Waals surface area contributed by atoms with E-state index in [1.54, 1.807) is 0 Å². The average Bonchev–Trinajstić information content (AvgIpc) is 2.89. The molecule has 10 heteroatoms. The van der Waals surface area contributed by atoms with Crippen LogP contribution in [-0.4, -0.2) is 44.8 Å². The zero-order valence-corrected chi connectivity index (χ0v) is 14.1. The molecule has 1 aliphatic rings. The van der Waals surface area contributed by atoms with Crippen LogP contribution >= 0.6 is 22.9 Å². The number of amides is 1. The summed E-state index contributed by atoms with van der Waals surface area (Å²) in [5.41, 5.74) is 5.23. The number of hydrogen-bond acceptors (Lipinski definition) is 6. The highest BCUT2D eigenvalue weighted by atomic mass is 35.5. The lowest BCUT2D eigenvalue weighted by Gasteiger charge is -2.29. The fraction of sp³-hybridized carbons (Fsp3) is 0.500. The van der Waals surface area contributed by atoms with E-state index in [1.807, 2.05) is 0 Å². The number of carbonyl (C=O) groups excluding carboxylic acids is 2. The van der Waals surface area contributed by atoms with Crippen LogP contribution in [-0.2, 0) is 19.6 Å². The zero-order valence-electron chi connectivity index (χ0n) is 11.7. The molecule has 1 aromatic heterocycles. The lowest BCUT2D eigenvalue weighted by Crippen LogP contribution is -2.41. The minimum absolute atomic E-state index is 0.0514. The van der Waals surface area contributed by atoms with Crippen LogP contribution in [0.4, 0.5) is 0 Å². The zero-order chi connectivity index (χ0) is 16.5. The van der Waals surface area contributed by atoms with Gasteiger partial charge in [0.1, 0.15) is 9.77 Å². The first-order valence-corrected chi connectivity index (χ1v) is 9.08. The third-order valence-corrected chi connectivity index (χ3v) is 6.81. The SMILES string of the molecule is COC(=O)c1sc(Cl)cc1S(=O)(=O)N1CCC(C(N)=O)CC1. The minimum atomic E-state index is -3.87. The van der Waals surface area contributed by atoms with Crippen molar-refractivity contribution in [1.29, 1.82) is 0 Å². The Hall–Kier alpha value is -1.16. The maximum atomic E-state index is 12.7. The van der Waals surface area contributed by atoms with E-state index in [-0.39, 0.29) is 33.1 Å². The Morgan fingerprint density at radius 1 is 1.41 bits per heavy atom. The molecular formula is C12H15ClN2O5S2. The van der Waals surface area contributed by atoms with Gasteiger partial charge in [-0.1, -0.05) is 11.6 Å². The second kappa shape index (κ2) is 6.53. The second-order valence-electron chi connectivity index (χ2n) is 4.82. The van der Waals surface area contributed by atoms with Gasteiger partial charge >= 0.3 is 5.97 Å². The molecule has 0 saturated carbocycles. The Morgan fingerprint density at radius 2 is 2.00 bits per heavy atom. The number of halogens is 1. The Bertz CT molecular complexity index is 692. The van der Waals surface area contributed by atoms with Crippen LogP contribution in [0, 0.1) is 5.92 Å². The summed E-state index contributed by atoms with van der Waals surface area (Å²) in [6, 6.07) is 1.24. The van der Waals surface area contributed by atoms with E-state index in [2.05, 4.69) is 4.74 Å². The number of rotatable bonds is 4. The molecule has 0 spiro atoms. The third-order valence-electron chi connectivity index (χ3n) is 3.51. The Balaban J connectivity index is 2.29. The molecule has 1 saturated heterocycles. The first-order chi connectivity index (χ1) is 10.3. The molecule has 1 aliphatic heterocycles. The molecular weight excluding hydrogens is 352 g/mol. The monoisotopic (exact) mass is 366 g/mol. The van der Waals surface area contributed by atoms with Crippen molar-refractivity contribution < 1.29 is 22.7 Å². The van der Waals surface area contributed by atoms with Crippen molar-refractivity contribution in [2.75, 3.05) is 20.2 Å². The van der Waals surface area contributed by atoms with Crippen LogP contribution in [0.5, 0.6) is 0 Å². The number of hydrogen-bond donors (Lipinski definition) is 1. The lowest BCUT2D eigenvalue weighted by atomic mass is 9.98. The summed E-state index contributed by atoms with van der Waals surface area (Å²) in [5, 5.41) is 0. The molecule has 0 aliphatic carbocycles. The standard InChI is InChI=1S/C12H15ClN2O5S2/c1-20-12(17)10-8(6-9(13)21-10)22(18,19)15-4-2-7(3-5-15)11(14)16/h6-7H,2-5H2,1H3,(H2,14,16). The quantitative estimate of drug-likeness (QED) is 0.802. The molecule has 0 atom stereocenters. The van der Waals surface area contributed by atoms with Crippen molar-refractivity contribution in [3.8, 4) is 0 Å². The van der Waals surface area contributed by atoms with Crippen LogP contribution in [0.1, 0.15) is 22.5 Å². The maximum Gasteiger partial charge on any atom is 0.349 e. The van der Waals surface area contributed by atoms with Crippen molar-refractivity contribution in [2.45, 2.75) is 17.7 Å². The third kappa shape index (κ3) is 3.27. The molecule has 0 radical (unpaired) electrons. The van der Waals surface area contributed by atoms with E-state index in [9.17, 15) is 18.0 Å². The van der Waals surface area contributed by atoms with E-state index >= 15 is 0 Å². The van der Waals surface area contributed by atoms with E-state index in [0.29, 0.717) is 12.8 Å². The molecule has 0 unspecified atom stereocenters. The molecule has 2 rings (SSSR count). The minimum Gasteiger partial charge on any atom is -0.465 e. The van der Waals surface area contributed by atoms with Gasteiger partial charge < -0.3 is 10.5 Å². The number of ether oxygens (including phenoxy) is 1. The summed E-state index contributed by atoms with van der Waals surface area (Å²) >= 11 is 6.70. The van der Waals surface area contributed by atoms with Crippen molar-refractivity contribution in [1.82, 2.24) is 4.31 Å². The molecule has 122 valence electrons. The van der Waals surface area contributed by atoms with E-state index in [4.69, 9.17) is 17.3 Å². The molecule has 1 amide bonds. The Morgan fingerprint density at radius 3 is 2.50 bits per heavy atom. The van der Waals surface area contributed by atoms with Crippen molar-refractivity contribution in [3.63, 3.8) is 0 Å². The van der Waals surface area contributed by atoms with Gasteiger partial charge in [0.05, 0.1) is 11.4 Å². The second-order valence-corrected chi connectivity index (χ2v) is 8.41. The van der Waals surface area contributed by atoms with Gasteiger partial charge in [-0.05, 0) is 18.9 Å². The average molecular weight is 367 g/mol. The summed E-state index contributed by atoms with van der Waals surface area (Å²) in [6.07, 6.45) is 0.722. The largest absolute Gasteiger partial charge is 0.465 e. The first kappa shape index (κ1) is 17.2. The highest BCUT2D eigenvalue weighted by Crippen LogP contribution is 2.34. The van der Waals surface area contributed by atoms with E-state index < -0.39 is 21.9 Å². The number of piperidine rings is 1. The van der Waals surface area contributed by atoms with Crippen molar-refractivity contribution in [2.24, 2.45) is 11.7 Å². The molecule has 22 heavy (non-hydrogen) atoms. The predicted molar refractivity (Wildman–Crippen MR) is 81.3 cm³/mol. The van der Waals surface area contributed by atoms with Gasteiger partial charge in [0.2, 0.25) is 15.9 Å². The van der Waals surface area contributed by atoms with E-state index in [0.717, 1.165) is 11.3 Å². The van der Waals surface area contributed by atoms with Crippen LogP contribution in [0.2, 0.25) is 4.34 Å². The van der Waals surface area contributed by atoms with Crippen molar-refractivity contribution in [3.05, 3.63) is 15.3 Å². The van der Waals surface area contributed by atoms with Crippen LogP contribution in [0.15, 0.2) is 11.0 Å². The molecule has 7 nitrogen and oxygen atoms in total. The van der Waals surface area contributed by atoms with Gasteiger partial charge in [0.25, 0.3) is 0 Å². The topological polar surface area (TPSA) is 107 Å². The van der Waals surface area contributed by atoms with Gasteiger partial charge in [-0.2, -0.15) is 4.31 Å². The van der Waals surface area contributed by atoms with Gasteiger partial charge in [-0.15, -0.1) is 11.3 Å². The van der Waals surface area contributed by atoms with Crippen molar-refractivity contribution >= 4 is 44.8 Å². The lowest BCUT2D eigenvalue weighted by molar-refractivity contribution is -0.122. The number of esters is 1. The molecule has 1 aromatic rings. The first-order valence-electron chi connectivity index (χ1n) is 6.44. The highest BCUT2D eigenvalue weighted by molar-refractivity contribution is 7.89. The summed E-state index contributed by atoms with van der Waals surface area (Å²) in [6.45, 7) is 0.341. The number of nitrogens with zero attached hydrogens (tertiary/aromatic N) is 1.